The second kappa shape index (κ2) is 12.5. The first-order valence-corrected chi connectivity index (χ1v) is 12.4. The predicted molar refractivity (Wildman–Crippen MR) is 134 cm³/mol. The highest BCUT2D eigenvalue weighted by atomic mass is 16.2. The van der Waals surface area contributed by atoms with Crippen LogP contribution in [-0.4, -0.2) is 60.4 Å². The molecule has 0 aromatic heterocycles. The van der Waals surface area contributed by atoms with Crippen molar-refractivity contribution in [1.82, 2.24) is 15.1 Å². The van der Waals surface area contributed by atoms with E-state index in [2.05, 4.69) is 55.3 Å². The van der Waals surface area contributed by atoms with Crippen molar-refractivity contribution in [1.29, 1.82) is 0 Å². The van der Waals surface area contributed by atoms with Gasteiger partial charge in [-0.3, -0.25) is 14.5 Å². The third kappa shape index (κ3) is 7.43. The number of likely N-dealkylation sites (tertiary alicyclic amines) is 1. The van der Waals surface area contributed by atoms with E-state index < -0.39 is 0 Å². The number of piperidine rings is 1. The van der Waals surface area contributed by atoms with E-state index >= 15 is 0 Å². The van der Waals surface area contributed by atoms with Gasteiger partial charge in [0.25, 0.3) is 5.91 Å². The number of amides is 2. The van der Waals surface area contributed by atoms with E-state index in [0.717, 1.165) is 50.9 Å². The summed E-state index contributed by atoms with van der Waals surface area (Å²) in [7, 11) is 0. The number of benzene rings is 2. The summed E-state index contributed by atoms with van der Waals surface area (Å²) in [5, 5.41) is 3.10. The van der Waals surface area contributed by atoms with Crippen LogP contribution in [0.2, 0.25) is 0 Å². The third-order valence-electron chi connectivity index (χ3n) is 6.53. The Bertz CT molecular complexity index is 872. The molecule has 5 heteroatoms. The summed E-state index contributed by atoms with van der Waals surface area (Å²) in [6, 6.07) is 18.5. The Kier molecular flexibility index (Phi) is 9.49. The molecule has 1 heterocycles. The van der Waals surface area contributed by atoms with Gasteiger partial charge in [0.15, 0.2) is 0 Å². The minimum absolute atomic E-state index is 0.0880. The Labute approximate surface area is 199 Å². The van der Waals surface area contributed by atoms with Crippen molar-refractivity contribution in [2.75, 3.05) is 32.7 Å². The maximum Gasteiger partial charge on any atom is 0.253 e. The van der Waals surface area contributed by atoms with Crippen LogP contribution in [0.15, 0.2) is 54.6 Å². The summed E-state index contributed by atoms with van der Waals surface area (Å²) in [4.78, 5) is 29.6. The van der Waals surface area contributed by atoms with Gasteiger partial charge in [0.2, 0.25) is 5.91 Å². The maximum atomic E-state index is 12.7. The van der Waals surface area contributed by atoms with Crippen LogP contribution < -0.4 is 5.32 Å². The molecule has 0 saturated carbocycles. The summed E-state index contributed by atoms with van der Waals surface area (Å²) < 4.78 is 0. The molecular weight excluding hydrogens is 410 g/mol. The average Bonchev–Trinajstić information content (AvgIpc) is 2.84. The van der Waals surface area contributed by atoms with E-state index in [1.165, 1.54) is 11.1 Å². The monoisotopic (exact) mass is 449 g/mol. The molecule has 0 atom stereocenters. The second-order valence-corrected chi connectivity index (χ2v) is 9.36. The van der Waals surface area contributed by atoms with Gasteiger partial charge < -0.3 is 10.2 Å². The molecule has 3 rings (SSSR count). The molecule has 0 unspecified atom stereocenters. The number of nitrogens with zero attached hydrogens (tertiary/aromatic N) is 2. The lowest BCUT2D eigenvalue weighted by Gasteiger charge is -2.38. The molecule has 5 nitrogen and oxygen atoms in total. The highest BCUT2D eigenvalue weighted by Crippen LogP contribution is 2.19. The van der Waals surface area contributed by atoms with E-state index in [0.29, 0.717) is 25.0 Å². The third-order valence-corrected chi connectivity index (χ3v) is 6.53. The molecule has 2 aromatic rings. The second-order valence-electron chi connectivity index (χ2n) is 9.36. The number of hydrogen-bond acceptors (Lipinski definition) is 3. The van der Waals surface area contributed by atoms with Gasteiger partial charge in [-0.15, -0.1) is 0 Å². The Balaban J connectivity index is 1.44. The highest BCUT2D eigenvalue weighted by Gasteiger charge is 2.28. The summed E-state index contributed by atoms with van der Waals surface area (Å²) in [5.74, 6) is 0.729. The molecule has 0 bridgehead atoms. The minimum atomic E-state index is 0.0880. The van der Waals surface area contributed by atoms with E-state index in [1.807, 2.05) is 35.2 Å². The molecule has 2 amide bonds. The van der Waals surface area contributed by atoms with Crippen LogP contribution in [0.3, 0.4) is 0 Å². The molecule has 1 N–H and O–H groups in total. The first-order valence-electron chi connectivity index (χ1n) is 12.4. The minimum Gasteiger partial charge on any atom is -0.355 e. The van der Waals surface area contributed by atoms with E-state index in [-0.39, 0.29) is 11.8 Å². The van der Waals surface area contributed by atoms with Gasteiger partial charge in [0.1, 0.15) is 0 Å². The lowest BCUT2D eigenvalue weighted by molar-refractivity contribution is -0.123. The fourth-order valence-corrected chi connectivity index (χ4v) is 4.53. The predicted octanol–water partition coefficient (Wildman–Crippen LogP) is 4.49. The van der Waals surface area contributed by atoms with Gasteiger partial charge in [-0.1, -0.05) is 63.2 Å². The van der Waals surface area contributed by atoms with Gasteiger partial charge in [-0.05, 0) is 61.4 Å². The molecular formula is C28H39N3O2. The number of hydrogen-bond donors (Lipinski definition) is 1. The van der Waals surface area contributed by atoms with E-state index in [4.69, 9.17) is 0 Å². The first-order chi connectivity index (χ1) is 16.0. The molecule has 0 radical (unpaired) electrons. The molecule has 178 valence electrons. The standard InChI is InChI=1S/C28H39N3O2/c1-4-18-31(21-27(32)29-17-14-23-10-12-24(13-11-23)22(2)3)26-15-19-30(20-16-26)28(33)25-8-6-5-7-9-25/h5-13,22,26H,4,14-21H2,1-3H3,(H,29,32). The molecule has 0 spiro atoms. The van der Waals surface area contributed by atoms with Crippen molar-refractivity contribution in [3.8, 4) is 0 Å². The first kappa shape index (κ1) is 25.0. The van der Waals surface area contributed by atoms with Gasteiger partial charge in [0, 0.05) is 31.2 Å². The molecule has 1 aliphatic rings. The molecule has 0 aliphatic carbocycles. The summed E-state index contributed by atoms with van der Waals surface area (Å²) in [5.41, 5.74) is 3.34. The average molecular weight is 450 g/mol. The van der Waals surface area contributed by atoms with Gasteiger partial charge in [-0.25, -0.2) is 0 Å². The fourth-order valence-electron chi connectivity index (χ4n) is 4.53. The van der Waals surface area contributed by atoms with Crippen molar-refractivity contribution < 1.29 is 9.59 Å². The zero-order chi connectivity index (χ0) is 23.6. The number of nitrogens with one attached hydrogen (secondary N) is 1. The zero-order valence-electron chi connectivity index (χ0n) is 20.4. The van der Waals surface area contributed by atoms with Crippen molar-refractivity contribution in [3.05, 3.63) is 71.3 Å². The quantitative estimate of drug-likeness (QED) is 0.582. The van der Waals surface area contributed by atoms with Crippen LogP contribution in [0.5, 0.6) is 0 Å². The maximum absolute atomic E-state index is 12.7. The molecule has 1 fully saturated rings. The molecule has 1 saturated heterocycles. The fraction of sp³-hybridized carbons (Fsp3) is 0.500. The smallest absolute Gasteiger partial charge is 0.253 e. The normalized spacial score (nSPS) is 14.6. The highest BCUT2D eigenvalue weighted by molar-refractivity contribution is 5.94. The lowest BCUT2D eigenvalue weighted by Crippen LogP contribution is -2.49. The number of rotatable bonds is 10. The summed E-state index contributed by atoms with van der Waals surface area (Å²) in [6.45, 7) is 10.0. The van der Waals surface area contributed by atoms with Crippen LogP contribution in [0.1, 0.15) is 67.4 Å². The van der Waals surface area contributed by atoms with Crippen LogP contribution in [0.25, 0.3) is 0 Å². The largest absolute Gasteiger partial charge is 0.355 e. The SMILES string of the molecule is CCCN(CC(=O)NCCc1ccc(C(C)C)cc1)C1CCN(C(=O)c2ccccc2)CC1. The van der Waals surface area contributed by atoms with E-state index in [1.54, 1.807) is 0 Å². The van der Waals surface area contributed by atoms with Gasteiger partial charge >= 0.3 is 0 Å². The van der Waals surface area contributed by atoms with E-state index in [9.17, 15) is 9.59 Å². The van der Waals surface area contributed by atoms with Crippen LogP contribution >= 0.6 is 0 Å². The zero-order valence-corrected chi connectivity index (χ0v) is 20.4. The Morgan fingerprint density at radius 3 is 2.30 bits per heavy atom. The van der Waals surface area contributed by atoms with Crippen molar-refractivity contribution in [2.24, 2.45) is 0 Å². The Morgan fingerprint density at radius 2 is 1.70 bits per heavy atom. The van der Waals surface area contributed by atoms with Crippen molar-refractivity contribution in [2.45, 2.75) is 58.4 Å². The van der Waals surface area contributed by atoms with Gasteiger partial charge in [-0.2, -0.15) is 0 Å². The van der Waals surface area contributed by atoms with Gasteiger partial charge in [0.05, 0.1) is 6.54 Å². The lowest BCUT2D eigenvalue weighted by atomic mass is 10.0. The van der Waals surface area contributed by atoms with Crippen LogP contribution in [-0.2, 0) is 11.2 Å². The molecule has 33 heavy (non-hydrogen) atoms. The number of carbonyl (C=O) groups excluding carboxylic acids is 2. The Hall–Kier alpha value is -2.66. The summed E-state index contributed by atoms with van der Waals surface area (Å²) in [6.07, 6.45) is 3.68. The molecule has 1 aliphatic heterocycles. The Morgan fingerprint density at radius 1 is 1.03 bits per heavy atom. The van der Waals surface area contributed by atoms with Crippen LogP contribution in [0.4, 0.5) is 0 Å². The van der Waals surface area contributed by atoms with Crippen molar-refractivity contribution >= 4 is 11.8 Å². The van der Waals surface area contributed by atoms with Crippen molar-refractivity contribution in [3.63, 3.8) is 0 Å². The molecule has 2 aromatic carbocycles. The topological polar surface area (TPSA) is 52.7 Å². The number of carbonyl (C=O) groups is 2. The summed E-state index contributed by atoms with van der Waals surface area (Å²) >= 11 is 0. The van der Waals surface area contributed by atoms with Crippen LogP contribution in [0, 0.1) is 0 Å².